The van der Waals surface area contributed by atoms with Gasteiger partial charge in [-0.2, -0.15) is 4.72 Å². The van der Waals surface area contributed by atoms with Crippen molar-refractivity contribution in [2.45, 2.75) is 44.5 Å². The van der Waals surface area contributed by atoms with E-state index in [4.69, 9.17) is 4.74 Å². The molecule has 1 atom stereocenters. The molecule has 10 nitrogen and oxygen atoms in total. The lowest BCUT2D eigenvalue weighted by atomic mass is 10.3. The summed E-state index contributed by atoms with van der Waals surface area (Å²) in [5, 5.41) is 10.7. The third-order valence-corrected chi connectivity index (χ3v) is 7.31. The molecule has 1 aromatic carbocycles. The Hall–Kier alpha value is -2.90. The molecule has 3 rings (SSSR count). The van der Waals surface area contributed by atoms with Crippen molar-refractivity contribution < 1.29 is 22.3 Å². The average Bonchev–Trinajstić information content (AvgIpc) is 3.26. The van der Waals surface area contributed by atoms with E-state index in [1.165, 1.54) is 31.2 Å². The van der Waals surface area contributed by atoms with Crippen LogP contribution in [0, 0.1) is 12.7 Å². The van der Waals surface area contributed by atoms with E-state index in [-0.39, 0.29) is 27.0 Å². The second-order valence-corrected chi connectivity index (χ2v) is 9.47. The van der Waals surface area contributed by atoms with Gasteiger partial charge in [-0.1, -0.05) is 16.4 Å². The number of benzene rings is 1. The van der Waals surface area contributed by atoms with E-state index < -0.39 is 21.9 Å². The predicted octanol–water partition coefficient (Wildman–Crippen LogP) is 2.99. The van der Waals surface area contributed by atoms with E-state index >= 15 is 0 Å². The second kappa shape index (κ2) is 9.08. The van der Waals surface area contributed by atoms with Crippen molar-refractivity contribution in [3.05, 3.63) is 41.6 Å². The molecular weight excluding hydrogens is 447 g/mol. The number of aryl methyl sites for hydroxylation is 1. The summed E-state index contributed by atoms with van der Waals surface area (Å²) < 4.78 is 48.7. The number of rotatable bonds is 8. The van der Waals surface area contributed by atoms with Crippen LogP contribution >= 0.6 is 11.3 Å². The highest BCUT2D eigenvalue weighted by molar-refractivity contribution is 7.91. The molecule has 0 aliphatic heterocycles. The fraction of sp³-hybridized carbons (Fsp3) is 0.333. The molecular formula is C18H21FN6O4S2. The normalized spacial score (nSPS) is 12.5. The van der Waals surface area contributed by atoms with Crippen LogP contribution in [0.15, 0.2) is 28.5 Å². The summed E-state index contributed by atoms with van der Waals surface area (Å²) in [6.07, 6.45) is 0. The number of carbonyl (C=O) groups is 1. The maximum atomic E-state index is 13.1. The van der Waals surface area contributed by atoms with Crippen molar-refractivity contribution in [3.63, 3.8) is 0 Å². The minimum absolute atomic E-state index is 0.00607. The third kappa shape index (κ3) is 5.24. The molecule has 2 aromatic heterocycles. The van der Waals surface area contributed by atoms with E-state index in [0.29, 0.717) is 18.1 Å². The Balaban J connectivity index is 1.82. The van der Waals surface area contributed by atoms with Gasteiger partial charge in [0.05, 0.1) is 11.7 Å². The highest BCUT2D eigenvalue weighted by atomic mass is 32.2. The molecule has 2 heterocycles. The van der Waals surface area contributed by atoms with Gasteiger partial charge in [-0.3, -0.25) is 9.36 Å². The number of aromatic nitrogens is 4. The Morgan fingerprint density at radius 3 is 2.58 bits per heavy atom. The largest absolute Gasteiger partial charge is 0.424 e. The van der Waals surface area contributed by atoms with E-state index in [9.17, 15) is 17.6 Å². The first-order valence-electron chi connectivity index (χ1n) is 9.24. The van der Waals surface area contributed by atoms with Crippen LogP contribution < -0.4 is 14.8 Å². The fourth-order valence-electron chi connectivity index (χ4n) is 2.78. The number of anilines is 1. The molecule has 31 heavy (non-hydrogen) atoms. The summed E-state index contributed by atoms with van der Waals surface area (Å²) >= 11 is 0.858. The van der Waals surface area contributed by atoms with Gasteiger partial charge in [0.1, 0.15) is 11.6 Å². The molecule has 0 saturated heterocycles. The zero-order valence-corrected chi connectivity index (χ0v) is 18.8. The number of hydrogen-bond acceptors (Lipinski definition) is 8. The average molecular weight is 469 g/mol. The van der Waals surface area contributed by atoms with Gasteiger partial charge in [0.15, 0.2) is 15.2 Å². The number of sulfonamides is 1. The monoisotopic (exact) mass is 468 g/mol. The van der Waals surface area contributed by atoms with Gasteiger partial charge < -0.3 is 10.1 Å². The number of thiazole rings is 1. The van der Waals surface area contributed by atoms with Crippen molar-refractivity contribution >= 4 is 32.4 Å². The van der Waals surface area contributed by atoms with Crippen molar-refractivity contribution in [2.75, 3.05) is 5.32 Å². The first-order valence-corrected chi connectivity index (χ1v) is 11.5. The van der Waals surface area contributed by atoms with Crippen LogP contribution in [0.1, 0.15) is 38.3 Å². The Morgan fingerprint density at radius 1 is 1.29 bits per heavy atom. The van der Waals surface area contributed by atoms with Crippen LogP contribution in [0.25, 0.3) is 0 Å². The molecule has 0 bridgehead atoms. The molecule has 0 spiro atoms. The fourth-order valence-corrected chi connectivity index (χ4v) is 5.45. The summed E-state index contributed by atoms with van der Waals surface area (Å²) in [5.74, 6) is -0.0293. The highest BCUT2D eigenvalue weighted by Crippen LogP contribution is 2.29. The summed E-state index contributed by atoms with van der Waals surface area (Å²) in [4.78, 5) is 15.3. The number of nitrogens with zero attached hydrogens (tertiary/aromatic N) is 4. The Labute approximate surface area is 182 Å². The molecule has 166 valence electrons. The summed E-state index contributed by atoms with van der Waals surface area (Å²) in [6, 6.07) is 4.83. The molecule has 0 radical (unpaired) electrons. The minimum atomic E-state index is -3.94. The van der Waals surface area contributed by atoms with Gasteiger partial charge in [0.2, 0.25) is 5.91 Å². The first-order chi connectivity index (χ1) is 14.6. The topological polar surface area (TPSA) is 128 Å². The number of hydrogen-bond donors (Lipinski definition) is 2. The van der Waals surface area contributed by atoms with Gasteiger partial charge in [-0.05, 0) is 45.0 Å². The molecule has 1 amide bonds. The zero-order valence-electron chi connectivity index (χ0n) is 17.2. The smallest absolute Gasteiger partial charge is 0.322 e. The van der Waals surface area contributed by atoms with Crippen molar-refractivity contribution in [1.82, 2.24) is 24.5 Å². The first kappa shape index (κ1) is 22.8. The Bertz CT molecular complexity index is 1190. The molecule has 13 heteroatoms. The quantitative estimate of drug-likeness (QED) is 0.520. The van der Waals surface area contributed by atoms with Crippen LogP contribution in [0.3, 0.4) is 0 Å². The van der Waals surface area contributed by atoms with Crippen LogP contribution in [0.4, 0.5) is 9.52 Å². The van der Waals surface area contributed by atoms with Crippen LogP contribution in [0.2, 0.25) is 0 Å². The maximum Gasteiger partial charge on any atom is 0.322 e. The van der Waals surface area contributed by atoms with Crippen LogP contribution in [-0.2, 0) is 21.4 Å². The lowest BCUT2D eigenvalue weighted by Crippen LogP contribution is -2.28. The molecule has 0 saturated carbocycles. The van der Waals surface area contributed by atoms with Crippen LogP contribution in [-0.4, -0.2) is 34.1 Å². The summed E-state index contributed by atoms with van der Waals surface area (Å²) in [5.41, 5.74) is 0.269. The lowest BCUT2D eigenvalue weighted by Gasteiger charge is -2.15. The molecule has 3 aromatic rings. The van der Waals surface area contributed by atoms with Gasteiger partial charge in [0.25, 0.3) is 10.0 Å². The van der Waals surface area contributed by atoms with Gasteiger partial charge >= 0.3 is 6.01 Å². The maximum absolute atomic E-state index is 13.1. The summed E-state index contributed by atoms with van der Waals surface area (Å²) in [7, 11) is -3.94. The van der Waals surface area contributed by atoms with E-state index in [1.807, 2.05) is 6.92 Å². The van der Waals surface area contributed by atoms with Crippen LogP contribution in [0.5, 0.6) is 11.8 Å². The van der Waals surface area contributed by atoms with Gasteiger partial charge in [-0.25, -0.2) is 17.8 Å². The number of ether oxygens (including phenoxy) is 1. The molecule has 0 aliphatic carbocycles. The van der Waals surface area contributed by atoms with Crippen molar-refractivity contribution in [3.8, 4) is 11.8 Å². The van der Waals surface area contributed by atoms with Crippen molar-refractivity contribution in [1.29, 1.82) is 0 Å². The van der Waals surface area contributed by atoms with Gasteiger partial charge in [-0.15, -0.1) is 5.10 Å². The third-order valence-electron chi connectivity index (χ3n) is 4.08. The molecule has 0 unspecified atom stereocenters. The van der Waals surface area contributed by atoms with E-state index in [0.717, 1.165) is 11.3 Å². The minimum Gasteiger partial charge on any atom is -0.424 e. The van der Waals surface area contributed by atoms with Crippen molar-refractivity contribution in [2.24, 2.45) is 0 Å². The Kier molecular flexibility index (Phi) is 6.67. The zero-order chi connectivity index (χ0) is 22.8. The Morgan fingerprint density at radius 2 is 1.97 bits per heavy atom. The SMILES string of the molecule is CCn1c(Oc2ccc(F)cc2)nnc1[C@@H](C)NS(=O)(=O)c1sc(NC(C)=O)nc1C. The number of carbonyl (C=O) groups excluding carboxylic acids is 1. The van der Waals surface area contributed by atoms with E-state index in [1.54, 1.807) is 18.4 Å². The molecule has 0 fully saturated rings. The lowest BCUT2D eigenvalue weighted by molar-refractivity contribution is -0.114. The molecule has 0 aliphatic rings. The molecule has 2 N–H and O–H groups in total. The second-order valence-electron chi connectivity index (χ2n) is 6.56. The van der Waals surface area contributed by atoms with E-state index in [2.05, 4.69) is 25.2 Å². The highest BCUT2D eigenvalue weighted by Gasteiger charge is 2.27. The predicted molar refractivity (Wildman–Crippen MR) is 112 cm³/mol. The number of amides is 1. The number of halogens is 1. The standard InChI is InChI=1S/C18H21FN6O4S2/c1-5-25-15(22-23-18(25)29-14-8-6-13(19)7-9-14)10(2)24-31(27,28)16-11(3)20-17(30-16)21-12(4)26/h6-10,24H,5H2,1-4H3,(H,20,21,26)/t10-/m1/s1. The number of nitrogens with one attached hydrogen (secondary N) is 2. The summed E-state index contributed by atoms with van der Waals surface area (Å²) in [6.45, 7) is 6.73. The van der Waals surface area contributed by atoms with Gasteiger partial charge in [0, 0.05) is 13.5 Å².